The van der Waals surface area contributed by atoms with Crippen molar-refractivity contribution >= 4 is 27.3 Å². The molecule has 1 radical (unpaired) electrons. The number of halogens is 1. The van der Waals surface area contributed by atoms with Crippen LogP contribution in [0.25, 0.3) is 43.9 Å². The number of hydrogen-bond donors (Lipinski definition) is 1. The van der Waals surface area contributed by atoms with Gasteiger partial charge in [-0.3, -0.25) is 14.8 Å². The van der Waals surface area contributed by atoms with Gasteiger partial charge in [0.15, 0.2) is 5.78 Å². The number of hydrogen-bond acceptors (Lipinski definition) is 4. The number of ketones is 1. The van der Waals surface area contributed by atoms with Gasteiger partial charge >= 0.3 is 0 Å². The topological polar surface area (TPSA) is 63.1 Å². The summed E-state index contributed by atoms with van der Waals surface area (Å²) in [6.07, 6.45) is 10.2. The molecular weight excluding hydrogens is 836 g/mol. The van der Waals surface area contributed by atoms with Gasteiger partial charge in [0.25, 0.3) is 0 Å². The summed E-state index contributed by atoms with van der Waals surface area (Å²) in [6.45, 7) is 16.3. The molecule has 0 atom stereocenters. The Balaban J connectivity index is 0.000000224. The molecule has 2 aromatic heterocycles. The summed E-state index contributed by atoms with van der Waals surface area (Å²) in [7, 11) is 0. The van der Waals surface area contributed by atoms with Gasteiger partial charge in [-0.2, -0.15) is 0 Å². The van der Waals surface area contributed by atoms with E-state index in [9.17, 15) is 14.3 Å². The van der Waals surface area contributed by atoms with Crippen LogP contribution >= 0.6 is 0 Å². The van der Waals surface area contributed by atoms with Crippen LogP contribution in [-0.4, -0.2) is 20.9 Å². The number of carbonyl (C=O) groups excluding carboxylic acids is 1. The SMILES string of the molecule is CCC(C)(CC)C(=O)/C=C(\O)C(C)(CC)CC.Cc1cc(C)cc(-c2cc3ccc(F)cc3c3ccncc23)c1.[Ir].c1ccc(-c2ccccn2)cc1. The summed E-state index contributed by atoms with van der Waals surface area (Å²) in [6, 6.07) is 31.7. The van der Waals surface area contributed by atoms with Crippen LogP contribution in [0, 0.1) is 30.5 Å². The zero-order chi connectivity index (χ0) is 37.9. The van der Waals surface area contributed by atoms with Crippen molar-refractivity contribution in [1.82, 2.24) is 9.97 Å². The molecule has 0 amide bonds. The van der Waals surface area contributed by atoms with Crippen LogP contribution in [0.2, 0.25) is 0 Å². The Kier molecular flexibility index (Phi) is 15.8. The standard InChI is InChI=1S/C21H16FN.C15H28O2.C11H9N.Ir/c1-13-7-14(2)9-16(8-13)19-10-15-3-4-17(22)11-20(15)18-5-6-23-12-21(18)19;1-7-14(5,8-2)12(16)11-13(17)15(6,9-3)10-4;1-2-6-10(7-3-1)11-8-4-5-9-12-11;/h3-12H,1-2H3;11,16H,7-10H2,1-6H3;1-9H;/b;12-11-;;. The van der Waals surface area contributed by atoms with Crippen LogP contribution < -0.4 is 0 Å². The quantitative estimate of drug-likeness (QED) is 0.0892. The van der Waals surface area contributed by atoms with E-state index in [1.54, 1.807) is 12.3 Å². The number of rotatable bonds is 9. The van der Waals surface area contributed by atoms with Gasteiger partial charge in [0.05, 0.1) is 5.69 Å². The van der Waals surface area contributed by atoms with Gasteiger partial charge in [0.2, 0.25) is 0 Å². The van der Waals surface area contributed by atoms with Gasteiger partial charge in [-0.05, 0) is 103 Å². The molecule has 2 heterocycles. The van der Waals surface area contributed by atoms with Gasteiger partial charge in [0, 0.05) is 66.6 Å². The number of aliphatic hydroxyl groups excluding tert-OH is 1. The van der Waals surface area contributed by atoms with Gasteiger partial charge in [-0.15, -0.1) is 0 Å². The minimum Gasteiger partial charge on any atom is -0.512 e. The smallest absolute Gasteiger partial charge is 0.164 e. The minimum absolute atomic E-state index is 0. The van der Waals surface area contributed by atoms with Crippen molar-refractivity contribution in [3.63, 3.8) is 0 Å². The summed E-state index contributed by atoms with van der Waals surface area (Å²) in [5, 5.41) is 14.2. The Morgan fingerprint density at radius 1 is 0.698 bits per heavy atom. The average Bonchev–Trinajstić information content (AvgIpc) is 3.17. The molecule has 279 valence electrons. The maximum atomic E-state index is 13.7. The van der Waals surface area contributed by atoms with Crippen LogP contribution in [0.3, 0.4) is 0 Å². The van der Waals surface area contributed by atoms with E-state index in [1.807, 2.05) is 102 Å². The molecule has 1 N–H and O–H groups in total. The monoisotopic (exact) mass is 889 g/mol. The molecule has 0 spiro atoms. The zero-order valence-corrected chi connectivity index (χ0v) is 34.7. The average molecular weight is 889 g/mol. The van der Waals surface area contributed by atoms with Crippen LogP contribution in [0.4, 0.5) is 4.39 Å². The first kappa shape index (κ1) is 42.9. The number of carbonyl (C=O) groups is 1. The number of fused-ring (bicyclic) bond motifs is 3. The zero-order valence-electron chi connectivity index (χ0n) is 32.3. The van der Waals surface area contributed by atoms with E-state index in [4.69, 9.17) is 0 Å². The maximum absolute atomic E-state index is 13.7. The third-order valence-electron chi connectivity index (χ3n) is 10.6. The molecule has 4 nitrogen and oxygen atoms in total. The normalized spacial score (nSPS) is 11.5. The number of aliphatic hydroxyl groups is 1. The van der Waals surface area contributed by atoms with Crippen molar-refractivity contribution in [3.05, 3.63) is 144 Å². The van der Waals surface area contributed by atoms with E-state index >= 15 is 0 Å². The molecule has 6 rings (SSSR count). The van der Waals surface area contributed by atoms with Crippen molar-refractivity contribution in [3.8, 4) is 22.4 Å². The molecule has 4 aromatic carbocycles. The number of allylic oxidation sites excluding steroid dienone is 2. The van der Waals surface area contributed by atoms with Crippen LogP contribution in [0.15, 0.2) is 127 Å². The first-order chi connectivity index (χ1) is 24.9. The third-order valence-corrected chi connectivity index (χ3v) is 10.6. The predicted octanol–water partition coefficient (Wildman–Crippen LogP) is 13.2. The van der Waals surface area contributed by atoms with Crippen molar-refractivity contribution < 1.29 is 34.4 Å². The fraction of sp³-hybridized carbons (Fsp3) is 0.298. The Morgan fingerprint density at radius 3 is 1.91 bits per heavy atom. The first-order valence-corrected chi connectivity index (χ1v) is 18.3. The number of nitrogens with zero attached hydrogens (tertiary/aromatic N) is 2. The van der Waals surface area contributed by atoms with Crippen LogP contribution in [0.1, 0.15) is 78.4 Å². The number of benzene rings is 4. The van der Waals surface area contributed by atoms with Crippen molar-refractivity contribution in [1.29, 1.82) is 0 Å². The van der Waals surface area contributed by atoms with Crippen molar-refractivity contribution in [2.45, 2.75) is 81.1 Å². The number of aromatic nitrogens is 2. The Morgan fingerprint density at radius 2 is 1.32 bits per heavy atom. The van der Waals surface area contributed by atoms with Gasteiger partial charge in [0.1, 0.15) is 11.6 Å². The molecule has 0 fully saturated rings. The van der Waals surface area contributed by atoms with E-state index < -0.39 is 0 Å². The van der Waals surface area contributed by atoms with E-state index in [-0.39, 0.29) is 48.3 Å². The van der Waals surface area contributed by atoms with E-state index in [0.29, 0.717) is 0 Å². The molecule has 0 aliphatic heterocycles. The van der Waals surface area contributed by atoms with Crippen molar-refractivity contribution in [2.24, 2.45) is 10.8 Å². The number of aryl methyl sites for hydroxylation is 2. The molecule has 0 bridgehead atoms. The molecule has 0 saturated carbocycles. The van der Waals surface area contributed by atoms with E-state index in [0.717, 1.165) is 64.0 Å². The number of pyridine rings is 2. The maximum Gasteiger partial charge on any atom is 0.164 e. The molecule has 0 unspecified atom stereocenters. The third kappa shape index (κ3) is 10.8. The Labute approximate surface area is 329 Å². The Hall–Kier alpha value is -4.51. The summed E-state index contributed by atoms with van der Waals surface area (Å²) in [5.41, 5.74) is 6.36. The second-order valence-corrected chi connectivity index (χ2v) is 14.1. The second kappa shape index (κ2) is 19.5. The minimum atomic E-state index is -0.337. The van der Waals surface area contributed by atoms with Crippen LogP contribution in [-0.2, 0) is 24.9 Å². The molecule has 6 aromatic rings. The second-order valence-electron chi connectivity index (χ2n) is 14.1. The summed E-state index contributed by atoms with van der Waals surface area (Å²) >= 11 is 0. The summed E-state index contributed by atoms with van der Waals surface area (Å²) < 4.78 is 13.7. The fourth-order valence-corrected chi connectivity index (χ4v) is 6.16. The predicted molar refractivity (Wildman–Crippen MR) is 217 cm³/mol. The first-order valence-electron chi connectivity index (χ1n) is 18.3. The molecule has 0 saturated heterocycles. The fourth-order valence-electron chi connectivity index (χ4n) is 6.16. The molecule has 0 aliphatic rings. The summed E-state index contributed by atoms with van der Waals surface area (Å²) in [5.74, 6) is 0.0727. The summed E-state index contributed by atoms with van der Waals surface area (Å²) in [4.78, 5) is 20.7. The van der Waals surface area contributed by atoms with E-state index in [1.165, 1.54) is 28.8 Å². The Bertz CT molecular complexity index is 2060. The molecule has 0 aliphatic carbocycles. The molecule has 53 heavy (non-hydrogen) atoms. The van der Waals surface area contributed by atoms with Crippen molar-refractivity contribution in [2.75, 3.05) is 0 Å². The molecule has 6 heteroatoms. The van der Waals surface area contributed by atoms with Gasteiger partial charge in [-0.25, -0.2) is 4.39 Å². The van der Waals surface area contributed by atoms with Gasteiger partial charge < -0.3 is 5.11 Å². The van der Waals surface area contributed by atoms with Gasteiger partial charge in [-0.1, -0.05) is 113 Å². The van der Waals surface area contributed by atoms with Crippen LogP contribution in [0.5, 0.6) is 0 Å². The largest absolute Gasteiger partial charge is 0.512 e. The molecular formula is C47H53FIrN2O2. The van der Waals surface area contributed by atoms with E-state index in [2.05, 4.69) is 60.2 Å².